The fourth-order valence-corrected chi connectivity index (χ4v) is 8.08. The average Bonchev–Trinajstić information content (AvgIpc) is 2.87. The SMILES string of the molecule is CC(C)(C)[Si](C)(C)OC1CC2(CCN([C@@H]3CCc4cc(C#N)ccc4C3)CC2)Oc2ccc(NS(C)(=O)=O)cc21. The first-order chi connectivity index (χ1) is 18.7. The molecule has 3 aliphatic rings. The normalized spacial score (nSPS) is 23.0. The third-order valence-corrected chi connectivity index (χ3v) is 14.6. The van der Waals surface area contributed by atoms with Crippen molar-refractivity contribution >= 4 is 24.0 Å². The van der Waals surface area contributed by atoms with Gasteiger partial charge in [-0.1, -0.05) is 26.8 Å². The molecule has 0 aromatic heterocycles. The van der Waals surface area contributed by atoms with Gasteiger partial charge in [0.25, 0.3) is 0 Å². The molecule has 1 N–H and O–H groups in total. The van der Waals surface area contributed by atoms with Gasteiger partial charge in [0.2, 0.25) is 10.0 Å². The molecule has 1 fully saturated rings. The summed E-state index contributed by atoms with van der Waals surface area (Å²) in [5.41, 5.74) is 4.63. The van der Waals surface area contributed by atoms with Gasteiger partial charge in [-0.05, 0) is 91.7 Å². The minimum atomic E-state index is -3.39. The Kier molecular flexibility index (Phi) is 7.62. The van der Waals surface area contributed by atoms with E-state index in [1.807, 2.05) is 18.2 Å². The first kappa shape index (κ1) is 29.1. The van der Waals surface area contributed by atoms with Crippen molar-refractivity contribution in [2.75, 3.05) is 24.1 Å². The number of nitrogens with zero attached hydrogens (tertiary/aromatic N) is 2. The van der Waals surface area contributed by atoms with Crippen LogP contribution in [0.2, 0.25) is 18.1 Å². The molecule has 2 heterocycles. The van der Waals surface area contributed by atoms with Gasteiger partial charge in [0.15, 0.2) is 8.32 Å². The van der Waals surface area contributed by atoms with Crippen LogP contribution in [0.15, 0.2) is 36.4 Å². The zero-order valence-electron chi connectivity index (χ0n) is 24.7. The topological polar surface area (TPSA) is 91.7 Å². The van der Waals surface area contributed by atoms with Crippen LogP contribution < -0.4 is 9.46 Å². The van der Waals surface area contributed by atoms with Gasteiger partial charge in [-0.3, -0.25) is 9.62 Å². The van der Waals surface area contributed by atoms with Crippen molar-refractivity contribution in [1.82, 2.24) is 4.90 Å². The average molecular weight is 582 g/mol. The quantitative estimate of drug-likeness (QED) is 0.425. The molecule has 1 saturated heterocycles. The molecule has 2 aliphatic heterocycles. The molecule has 2 atom stereocenters. The van der Waals surface area contributed by atoms with Crippen LogP contribution >= 0.6 is 0 Å². The summed E-state index contributed by atoms with van der Waals surface area (Å²) >= 11 is 0. The first-order valence-electron chi connectivity index (χ1n) is 14.4. The zero-order valence-corrected chi connectivity index (χ0v) is 26.5. The van der Waals surface area contributed by atoms with Gasteiger partial charge in [-0.15, -0.1) is 0 Å². The van der Waals surface area contributed by atoms with Crippen molar-refractivity contribution in [2.24, 2.45) is 0 Å². The largest absolute Gasteiger partial charge is 0.487 e. The lowest BCUT2D eigenvalue weighted by Crippen LogP contribution is -2.54. The van der Waals surface area contributed by atoms with E-state index >= 15 is 0 Å². The van der Waals surface area contributed by atoms with E-state index in [0.717, 1.165) is 68.5 Å². The van der Waals surface area contributed by atoms with Crippen LogP contribution in [-0.2, 0) is 27.3 Å². The summed E-state index contributed by atoms with van der Waals surface area (Å²) in [6.45, 7) is 13.3. The molecule has 1 unspecified atom stereocenters. The molecule has 2 aromatic carbocycles. The summed E-state index contributed by atoms with van der Waals surface area (Å²) in [6.07, 6.45) is 6.84. The van der Waals surface area contributed by atoms with Gasteiger partial charge in [0.1, 0.15) is 11.4 Å². The van der Waals surface area contributed by atoms with Gasteiger partial charge in [-0.25, -0.2) is 8.42 Å². The molecular weight excluding hydrogens is 539 g/mol. The van der Waals surface area contributed by atoms with E-state index in [0.29, 0.717) is 11.7 Å². The van der Waals surface area contributed by atoms with Crippen LogP contribution in [0.1, 0.15) is 74.8 Å². The maximum Gasteiger partial charge on any atom is 0.229 e. The molecule has 1 spiro atoms. The summed E-state index contributed by atoms with van der Waals surface area (Å²) in [6, 6.07) is 14.5. The Labute approximate surface area is 241 Å². The molecular formula is C31H43N3O4SSi. The van der Waals surface area contributed by atoms with Gasteiger partial charge in [0.05, 0.1) is 24.0 Å². The number of nitriles is 1. The summed E-state index contributed by atoms with van der Waals surface area (Å²) < 4.78 is 40.3. The summed E-state index contributed by atoms with van der Waals surface area (Å²) in [4.78, 5) is 2.63. The molecule has 7 nitrogen and oxygen atoms in total. The van der Waals surface area contributed by atoms with E-state index in [1.54, 1.807) is 6.07 Å². The number of hydrogen-bond acceptors (Lipinski definition) is 6. The van der Waals surface area contributed by atoms with E-state index in [1.165, 1.54) is 17.4 Å². The Morgan fingerprint density at radius 2 is 1.85 bits per heavy atom. The highest BCUT2D eigenvalue weighted by Gasteiger charge is 2.48. The zero-order chi connectivity index (χ0) is 28.9. The number of anilines is 1. The third-order valence-electron chi connectivity index (χ3n) is 9.55. The Morgan fingerprint density at radius 1 is 1.12 bits per heavy atom. The molecule has 2 aromatic rings. The molecule has 0 radical (unpaired) electrons. The lowest BCUT2D eigenvalue weighted by atomic mass is 9.80. The third kappa shape index (κ3) is 6.10. The molecule has 9 heteroatoms. The van der Waals surface area contributed by atoms with Crippen molar-refractivity contribution in [3.8, 4) is 11.8 Å². The predicted molar refractivity (Wildman–Crippen MR) is 162 cm³/mol. The van der Waals surface area contributed by atoms with Gasteiger partial charge in [-0.2, -0.15) is 5.26 Å². The van der Waals surface area contributed by atoms with Crippen LogP contribution in [0.3, 0.4) is 0 Å². The number of rotatable bonds is 5. The Bertz CT molecular complexity index is 1420. The smallest absolute Gasteiger partial charge is 0.229 e. The second kappa shape index (κ2) is 10.5. The fraction of sp³-hybridized carbons (Fsp3) is 0.581. The Morgan fingerprint density at radius 3 is 2.50 bits per heavy atom. The van der Waals surface area contributed by atoms with E-state index in [-0.39, 0.29) is 16.7 Å². The number of piperidine rings is 1. The Balaban J connectivity index is 1.35. The van der Waals surface area contributed by atoms with Crippen molar-refractivity contribution in [3.63, 3.8) is 0 Å². The molecule has 0 bridgehead atoms. The van der Waals surface area contributed by atoms with Crippen LogP contribution in [0, 0.1) is 11.3 Å². The maximum atomic E-state index is 11.9. The van der Waals surface area contributed by atoms with Crippen molar-refractivity contribution < 1.29 is 17.6 Å². The monoisotopic (exact) mass is 581 g/mol. The number of sulfonamides is 1. The molecule has 5 rings (SSSR count). The summed E-state index contributed by atoms with van der Waals surface area (Å²) in [7, 11) is -5.50. The van der Waals surface area contributed by atoms with Crippen molar-refractivity contribution in [2.45, 2.75) is 95.2 Å². The Hall–Kier alpha value is -2.38. The summed E-state index contributed by atoms with van der Waals surface area (Å²) in [5, 5.41) is 9.30. The number of likely N-dealkylation sites (tertiary alicyclic amines) is 1. The maximum absolute atomic E-state index is 11.9. The number of ether oxygens (including phenoxy) is 1. The van der Waals surface area contributed by atoms with Crippen LogP contribution in [0.25, 0.3) is 0 Å². The number of nitrogens with one attached hydrogen (secondary N) is 1. The lowest BCUT2D eigenvalue weighted by Gasteiger charge is -2.50. The van der Waals surface area contributed by atoms with E-state index in [9.17, 15) is 13.7 Å². The molecule has 216 valence electrons. The highest BCUT2D eigenvalue weighted by atomic mass is 32.2. The number of hydrogen-bond donors (Lipinski definition) is 1. The van der Waals surface area contributed by atoms with E-state index < -0.39 is 18.3 Å². The minimum Gasteiger partial charge on any atom is -0.487 e. The molecule has 40 heavy (non-hydrogen) atoms. The van der Waals surface area contributed by atoms with Crippen LogP contribution in [-0.4, -0.2) is 52.6 Å². The predicted octanol–water partition coefficient (Wildman–Crippen LogP) is 6.17. The van der Waals surface area contributed by atoms with E-state index in [2.05, 4.69) is 61.7 Å². The van der Waals surface area contributed by atoms with Gasteiger partial charge < -0.3 is 9.16 Å². The highest BCUT2D eigenvalue weighted by molar-refractivity contribution is 7.92. The van der Waals surface area contributed by atoms with Gasteiger partial charge in [0, 0.05) is 36.8 Å². The second-order valence-corrected chi connectivity index (χ2v) is 20.0. The van der Waals surface area contributed by atoms with Crippen LogP contribution in [0.5, 0.6) is 5.75 Å². The fourth-order valence-electron chi connectivity index (χ4n) is 6.25. The van der Waals surface area contributed by atoms with Crippen molar-refractivity contribution in [1.29, 1.82) is 5.26 Å². The molecule has 1 aliphatic carbocycles. The second-order valence-electron chi connectivity index (χ2n) is 13.5. The number of fused-ring (bicyclic) bond motifs is 2. The lowest BCUT2D eigenvalue weighted by molar-refractivity contribution is -0.0579. The van der Waals surface area contributed by atoms with Gasteiger partial charge >= 0.3 is 0 Å². The first-order valence-corrected chi connectivity index (χ1v) is 19.2. The standard InChI is InChI=1S/C31H43N3O4SSi/c1-30(2,3)40(5,6)38-29-20-31(37-28-12-10-25(19-27(28)29)33-39(4,35)36)13-15-34(16-14-31)26-11-9-23-17-22(21-32)7-8-24(23)18-26/h7-8,10,12,17,19,26,29,33H,9,11,13-16,18,20H2,1-6H3/t26-,29?/m1/s1. The van der Waals surface area contributed by atoms with Crippen LogP contribution in [0.4, 0.5) is 5.69 Å². The van der Waals surface area contributed by atoms with Crippen molar-refractivity contribution in [3.05, 3.63) is 58.7 Å². The highest BCUT2D eigenvalue weighted by Crippen LogP contribution is 2.50. The van der Waals surface area contributed by atoms with E-state index in [4.69, 9.17) is 9.16 Å². The molecule has 0 amide bonds. The minimum absolute atomic E-state index is 0.0515. The number of benzene rings is 2. The molecule has 0 saturated carbocycles. The number of aryl methyl sites for hydroxylation is 1. The summed E-state index contributed by atoms with van der Waals surface area (Å²) in [5.74, 6) is 0.808.